The molecule has 3 rings (SSSR count). The number of carbonyl (C=O) groups is 1. The molecule has 2 atom stereocenters. The third-order valence-corrected chi connectivity index (χ3v) is 4.58. The lowest BCUT2D eigenvalue weighted by molar-refractivity contribution is -0.0587. The number of ether oxygens (including phenoxy) is 1. The van der Waals surface area contributed by atoms with E-state index in [0.29, 0.717) is 18.8 Å². The summed E-state index contributed by atoms with van der Waals surface area (Å²) in [4.78, 5) is 18.0. The van der Waals surface area contributed by atoms with Gasteiger partial charge in [-0.1, -0.05) is 6.07 Å². The van der Waals surface area contributed by atoms with Crippen LogP contribution >= 0.6 is 0 Å². The van der Waals surface area contributed by atoms with Crippen LogP contribution < -0.4 is 0 Å². The number of H-pyrrole nitrogens is 1. The number of hydrogen-bond acceptors (Lipinski definition) is 2. The second kappa shape index (κ2) is 5.43. The highest BCUT2D eigenvalue weighted by molar-refractivity contribution is 6.00. The third-order valence-electron chi connectivity index (χ3n) is 4.58. The Balaban J connectivity index is 1.98. The lowest BCUT2D eigenvalue weighted by Gasteiger charge is -2.35. The van der Waals surface area contributed by atoms with E-state index < -0.39 is 0 Å². The fourth-order valence-electron chi connectivity index (χ4n) is 3.40. The Morgan fingerprint density at radius 3 is 2.41 bits per heavy atom. The Hall–Kier alpha value is -1.81. The van der Waals surface area contributed by atoms with Gasteiger partial charge in [-0.3, -0.25) is 4.79 Å². The Morgan fingerprint density at radius 2 is 1.77 bits per heavy atom. The molecule has 2 heterocycles. The zero-order chi connectivity index (χ0) is 16.0. The number of aromatic amines is 1. The van der Waals surface area contributed by atoms with Crippen molar-refractivity contribution in [3.8, 4) is 0 Å². The maximum Gasteiger partial charge on any atom is 0.270 e. The molecule has 1 aromatic heterocycles. The van der Waals surface area contributed by atoms with Gasteiger partial charge in [-0.05, 0) is 57.4 Å². The molecule has 1 fully saturated rings. The van der Waals surface area contributed by atoms with Gasteiger partial charge in [0.05, 0.1) is 12.2 Å². The summed E-state index contributed by atoms with van der Waals surface area (Å²) in [6, 6.07) is 4.17. The summed E-state index contributed by atoms with van der Waals surface area (Å²) in [7, 11) is 0. The smallest absolute Gasteiger partial charge is 0.270 e. The number of hydrogen-bond donors (Lipinski definition) is 1. The minimum Gasteiger partial charge on any atom is -0.372 e. The van der Waals surface area contributed by atoms with Crippen LogP contribution in [0.4, 0.5) is 0 Å². The van der Waals surface area contributed by atoms with Gasteiger partial charge in [0.1, 0.15) is 5.69 Å². The SMILES string of the molecule is Cc1cc(C)c2cc(C(=O)N3CC(C)OC(C)C3)[nH]c2c1C. The lowest BCUT2D eigenvalue weighted by atomic mass is 10.0. The maximum absolute atomic E-state index is 12.8. The van der Waals surface area contributed by atoms with Crippen molar-refractivity contribution in [3.05, 3.63) is 34.5 Å². The van der Waals surface area contributed by atoms with Crippen molar-refractivity contribution >= 4 is 16.8 Å². The molecule has 0 aliphatic carbocycles. The molecule has 0 bridgehead atoms. The maximum atomic E-state index is 12.8. The number of benzene rings is 1. The van der Waals surface area contributed by atoms with Crippen molar-refractivity contribution in [3.63, 3.8) is 0 Å². The standard InChI is InChI=1S/C18H24N2O2/c1-10-6-11(2)15-7-16(19-17(15)14(10)5)18(21)20-8-12(3)22-13(4)9-20/h6-7,12-13,19H,8-9H2,1-5H3. The molecule has 4 heteroatoms. The zero-order valence-corrected chi connectivity index (χ0v) is 14.0. The highest BCUT2D eigenvalue weighted by Gasteiger charge is 2.27. The lowest BCUT2D eigenvalue weighted by Crippen LogP contribution is -2.48. The first-order valence-corrected chi connectivity index (χ1v) is 7.91. The first kappa shape index (κ1) is 15.1. The van der Waals surface area contributed by atoms with Gasteiger partial charge in [0, 0.05) is 24.0 Å². The number of nitrogens with zero attached hydrogens (tertiary/aromatic N) is 1. The van der Waals surface area contributed by atoms with Crippen molar-refractivity contribution in [2.75, 3.05) is 13.1 Å². The number of rotatable bonds is 1. The van der Waals surface area contributed by atoms with Crippen molar-refractivity contribution in [1.82, 2.24) is 9.88 Å². The molecule has 0 radical (unpaired) electrons. The van der Waals surface area contributed by atoms with Crippen LogP contribution in [0.5, 0.6) is 0 Å². The Kier molecular flexibility index (Phi) is 3.73. The Labute approximate surface area is 131 Å². The molecule has 1 amide bonds. The minimum absolute atomic E-state index is 0.0645. The van der Waals surface area contributed by atoms with Crippen molar-refractivity contribution in [1.29, 1.82) is 0 Å². The summed E-state index contributed by atoms with van der Waals surface area (Å²) >= 11 is 0. The fraction of sp³-hybridized carbons (Fsp3) is 0.500. The Morgan fingerprint density at radius 1 is 1.14 bits per heavy atom. The fourth-order valence-corrected chi connectivity index (χ4v) is 3.40. The molecule has 1 aromatic carbocycles. The van der Waals surface area contributed by atoms with Crippen LogP contribution in [0, 0.1) is 20.8 Å². The largest absolute Gasteiger partial charge is 0.372 e. The van der Waals surface area contributed by atoms with Crippen molar-refractivity contribution < 1.29 is 9.53 Å². The molecule has 1 N–H and O–H groups in total. The second-order valence-corrected chi connectivity index (χ2v) is 6.57. The van der Waals surface area contributed by atoms with Gasteiger partial charge >= 0.3 is 0 Å². The highest BCUT2D eigenvalue weighted by atomic mass is 16.5. The van der Waals surface area contributed by atoms with E-state index in [1.165, 1.54) is 16.7 Å². The van der Waals surface area contributed by atoms with Crippen LogP contribution in [0.1, 0.15) is 41.0 Å². The molecule has 22 heavy (non-hydrogen) atoms. The molecule has 118 valence electrons. The van der Waals surface area contributed by atoms with Crippen LogP contribution in [-0.4, -0.2) is 41.1 Å². The van der Waals surface area contributed by atoms with Gasteiger partial charge in [0.15, 0.2) is 0 Å². The van der Waals surface area contributed by atoms with E-state index >= 15 is 0 Å². The monoisotopic (exact) mass is 300 g/mol. The molecule has 1 aliphatic rings. The first-order chi connectivity index (χ1) is 10.4. The molecule has 2 aromatic rings. The van der Waals surface area contributed by atoms with E-state index in [9.17, 15) is 4.79 Å². The normalized spacial score (nSPS) is 22.3. The Bertz CT molecular complexity index is 722. The number of fused-ring (bicyclic) bond motifs is 1. The summed E-state index contributed by atoms with van der Waals surface area (Å²) in [5.74, 6) is 0.0645. The molecule has 2 unspecified atom stereocenters. The summed E-state index contributed by atoms with van der Waals surface area (Å²) in [6.07, 6.45) is 0.172. The van der Waals surface area contributed by atoms with Gasteiger partial charge in [0.25, 0.3) is 5.91 Å². The second-order valence-electron chi connectivity index (χ2n) is 6.57. The van der Waals surface area contributed by atoms with Crippen LogP contribution in [0.25, 0.3) is 10.9 Å². The summed E-state index contributed by atoms with van der Waals surface area (Å²) in [6.45, 7) is 11.6. The van der Waals surface area contributed by atoms with Gasteiger partial charge in [-0.15, -0.1) is 0 Å². The van der Waals surface area contributed by atoms with Gasteiger partial charge in [0.2, 0.25) is 0 Å². The summed E-state index contributed by atoms with van der Waals surface area (Å²) in [5, 5.41) is 1.14. The number of carbonyl (C=O) groups excluding carboxylic acids is 1. The topological polar surface area (TPSA) is 45.3 Å². The molecule has 4 nitrogen and oxygen atoms in total. The number of aryl methyl sites for hydroxylation is 3. The van der Waals surface area contributed by atoms with E-state index in [2.05, 4.69) is 31.8 Å². The number of amides is 1. The average molecular weight is 300 g/mol. The molecule has 0 saturated carbocycles. The van der Waals surface area contributed by atoms with Crippen LogP contribution in [-0.2, 0) is 4.74 Å². The number of morpholine rings is 1. The summed E-state index contributed by atoms with van der Waals surface area (Å²) < 4.78 is 5.71. The van der Waals surface area contributed by atoms with Crippen molar-refractivity contribution in [2.24, 2.45) is 0 Å². The van der Waals surface area contributed by atoms with Gasteiger partial charge < -0.3 is 14.6 Å². The van der Waals surface area contributed by atoms with Crippen LogP contribution in [0.15, 0.2) is 12.1 Å². The van der Waals surface area contributed by atoms with Crippen LogP contribution in [0.2, 0.25) is 0 Å². The first-order valence-electron chi connectivity index (χ1n) is 7.91. The van der Waals surface area contributed by atoms with Crippen molar-refractivity contribution in [2.45, 2.75) is 46.8 Å². The van der Waals surface area contributed by atoms with Gasteiger partial charge in [-0.2, -0.15) is 0 Å². The molecular formula is C18H24N2O2. The summed E-state index contributed by atoms with van der Waals surface area (Å²) in [5.41, 5.74) is 5.42. The molecular weight excluding hydrogens is 276 g/mol. The van der Waals surface area contributed by atoms with E-state index in [-0.39, 0.29) is 18.1 Å². The van der Waals surface area contributed by atoms with E-state index in [0.717, 1.165) is 10.9 Å². The zero-order valence-electron chi connectivity index (χ0n) is 14.0. The minimum atomic E-state index is 0.0645. The number of nitrogens with one attached hydrogen (secondary N) is 1. The van der Waals surface area contributed by atoms with E-state index in [1.807, 2.05) is 24.8 Å². The highest BCUT2D eigenvalue weighted by Crippen LogP contribution is 2.26. The van der Waals surface area contributed by atoms with Crippen LogP contribution in [0.3, 0.4) is 0 Å². The van der Waals surface area contributed by atoms with E-state index in [4.69, 9.17) is 4.74 Å². The molecule has 1 aliphatic heterocycles. The number of aromatic nitrogens is 1. The third kappa shape index (κ3) is 2.52. The molecule has 1 saturated heterocycles. The average Bonchev–Trinajstić information content (AvgIpc) is 2.89. The predicted octanol–water partition coefficient (Wildman–Crippen LogP) is 3.34. The predicted molar refractivity (Wildman–Crippen MR) is 88.4 cm³/mol. The van der Waals surface area contributed by atoms with E-state index in [1.54, 1.807) is 0 Å². The quantitative estimate of drug-likeness (QED) is 0.878. The van der Waals surface area contributed by atoms with Gasteiger partial charge in [-0.25, -0.2) is 0 Å². The molecule has 0 spiro atoms.